The van der Waals surface area contributed by atoms with Crippen LogP contribution < -0.4 is 0 Å². The Bertz CT molecular complexity index is 663. The van der Waals surface area contributed by atoms with Crippen LogP contribution in [0.15, 0.2) is 60.2 Å². The molecular formula is C17H13NO. The van der Waals surface area contributed by atoms with Crippen molar-refractivity contribution in [3.63, 3.8) is 0 Å². The van der Waals surface area contributed by atoms with Crippen LogP contribution in [0.25, 0.3) is 6.08 Å². The van der Waals surface area contributed by atoms with E-state index in [1.807, 2.05) is 55.5 Å². The van der Waals surface area contributed by atoms with Crippen molar-refractivity contribution in [3.05, 3.63) is 76.9 Å². The first-order valence-corrected chi connectivity index (χ1v) is 5.99. The lowest BCUT2D eigenvalue weighted by Gasteiger charge is -2.01. The highest BCUT2D eigenvalue weighted by molar-refractivity contribution is 6.14. The van der Waals surface area contributed by atoms with Crippen molar-refractivity contribution in [2.75, 3.05) is 0 Å². The minimum atomic E-state index is -0.241. The van der Waals surface area contributed by atoms with E-state index in [-0.39, 0.29) is 11.4 Å². The highest BCUT2D eigenvalue weighted by Crippen LogP contribution is 2.13. The summed E-state index contributed by atoms with van der Waals surface area (Å²) in [7, 11) is 0. The van der Waals surface area contributed by atoms with Crippen LogP contribution >= 0.6 is 0 Å². The quantitative estimate of drug-likeness (QED) is 0.470. The first kappa shape index (κ1) is 12.8. The fraction of sp³-hybridized carbons (Fsp3) is 0.0588. The Balaban J connectivity index is 2.36. The minimum Gasteiger partial charge on any atom is -0.288 e. The molecule has 0 fully saturated rings. The molecule has 0 aliphatic rings. The SMILES string of the molecule is Cc1cccc(C(=O)/C(C#N)=C/c2ccccc2)c1. The van der Waals surface area contributed by atoms with Crippen LogP contribution in [0.3, 0.4) is 0 Å². The maximum absolute atomic E-state index is 12.2. The third kappa shape index (κ3) is 3.17. The average Bonchev–Trinajstić information content (AvgIpc) is 2.45. The zero-order valence-corrected chi connectivity index (χ0v) is 10.6. The zero-order chi connectivity index (χ0) is 13.7. The second kappa shape index (κ2) is 5.79. The van der Waals surface area contributed by atoms with Crippen LogP contribution in [-0.2, 0) is 0 Å². The summed E-state index contributed by atoms with van der Waals surface area (Å²) in [6, 6.07) is 18.6. The van der Waals surface area contributed by atoms with Crippen LogP contribution in [0.2, 0.25) is 0 Å². The van der Waals surface area contributed by atoms with Gasteiger partial charge in [-0.3, -0.25) is 4.79 Å². The molecule has 0 amide bonds. The van der Waals surface area contributed by atoms with Gasteiger partial charge in [0.2, 0.25) is 5.78 Å². The molecule has 0 atom stereocenters. The number of ketones is 1. The Labute approximate surface area is 112 Å². The van der Waals surface area contributed by atoms with Gasteiger partial charge in [-0.2, -0.15) is 5.26 Å². The molecule has 0 spiro atoms. The molecule has 2 aromatic rings. The molecule has 0 heterocycles. The fourth-order valence-electron chi connectivity index (χ4n) is 1.81. The first-order chi connectivity index (χ1) is 9.20. The van der Waals surface area contributed by atoms with E-state index in [0.717, 1.165) is 11.1 Å². The summed E-state index contributed by atoms with van der Waals surface area (Å²) >= 11 is 0. The lowest BCUT2D eigenvalue weighted by molar-refractivity contribution is 0.104. The molecule has 2 aromatic carbocycles. The number of rotatable bonds is 3. The summed E-state index contributed by atoms with van der Waals surface area (Å²) in [5.41, 5.74) is 2.54. The molecule has 0 radical (unpaired) electrons. The predicted molar refractivity (Wildman–Crippen MR) is 75.5 cm³/mol. The van der Waals surface area contributed by atoms with Crippen molar-refractivity contribution in [1.82, 2.24) is 0 Å². The number of carbonyl (C=O) groups excluding carboxylic acids is 1. The number of hydrogen-bond donors (Lipinski definition) is 0. The molecule has 2 nitrogen and oxygen atoms in total. The Morgan fingerprint density at radius 1 is 1.11 bits per heavy atom. The molecule has 0 bridgehead atoms. The molecule has 0 saturated heterocycles. The molecule has 0 unspecified atom stereocenters. The average molecular weight is 247 g/mol. The van der Waals surface area contributed by atoms with Gasteiger partial charge in [-0.25, -0.2) is 0 Å². The molecule has 0 aliphatic heterocycles. The van der Waals surface area contributed by atoms with Gasteiger partial charge in [-0.05, 0) is 24.6 Å². The molecule has 0 aliphatic carbocycles. The van der Waals surface area contributed by atoms with Crippen LogP contribution in [0.1, 0.15) is 21.5 Å². The van der Waals surface area contributed by atoms with Crippen LogP contribution in [0.5, 0.6) is 0 Å². The second-order valence-corrected chi connectivity index (χ2v) is 4.28. The van der Waals surface area contributed by atoms with Crippen molar-refractivity contribution in [1.29, 1.82) is 5.26 Å². The van der Waals surface area contributed by atoms with Crippen molar-refractivity contribution < 1.29 is 4.79 Å². The van der Waals surface area contributed by atoms with E-state index in [0.29, 0.717) is 5.56 Å². The van der Waals surface area contributed by atoms with Crippen molar-refractivity contribution >= 4 is 11.9 Å². The van der Waals surface area contributed by atoms with E-state index < -0.39 is 0 Å². The summed E-state index contributed by atoms with van der Waals surface area (Å²) in [4.78, 5) is 12.2. The van der Waals surface area contributed by atoms with E-state index in [1.54, 1.807) is 18.2 Å². The van der Waals surface area contributed by atoms with Gasteiger partial charge in [0, 0.05) is 5.56 Å². The van der Waals surface area contributed by atoms with Crippen LogP contribution in [0, 0.1) is 18.3 Å². The number of allylic oxidation sites excluding steroid dienone is 1. The van der Waals surface area contributed by atoms with E-state index in [4.69, 9.17) is 5.26 Å². The molecule has 0 N–H and O–H groups in total. The van der Waals surface area contributed by atoms with E-state index in [2.05, 4.69) is 0 Å². The van der Waals surface area contributed by atoms with E-state index >= 15 is 0 Å². The minimum absolute atomic E-state index is 0.150. The highest BCUT2D eigenvalue weighted by atomic mass is 16.1. The van der Waals surface area contributed by atoms with Gasteiger partial charge in [0.25, 0.3) is 0 Å². The number of nitrogens with zero attached hydrogens (tertiary/aromatic N) is 1. The maximum Gasteiger partial charge on any atom is 0.203 e. The van der Waals surface area contributed by atoms with Gasteiger partial charge in [-0.15, -0.1) is 0 Å². The van der Waals surface area contributed by atoms with Crippen molar-refractivity contribution in [3.8, 4) is 6.07 Å². The van der Waals surface area contributed by atoms with Gasteiger partial charge in [0.15, 0.2) is 0 Å². The number of aryl methyl sites for hydroxylation is 1. The first-order valence-electron chi connectivity index (χ1n) is 5.99. The van der Waals surface area contributed by atoms with Gasteiger partial charge in [0.1, 0.15) is 11.6 Å². The number of hydrogen-bond acceptors (Lipinski definition) is 2. The molecule has 19 heavy (non-hydrogen) atoms. The fourth-order valence-corrected chi connectivity index (χ4v) is 1.81. The number of carbonyl (C=O) groups is 1. The third-order valence-electron chi connectivity index (χ3n) is 2.76. The standard InChI is InChI=1S/C17H13NO/c1-13-6-5-9-15(10-13)17(19)16(12-18)11-14-7-3-2-4-8-14/h2-11H,1H3/b16-11+. The topological polar surface area (TPSA) is 40.9 Å². The van der Waals surface area contributed by atoms with Gasteiger partial charge in [-0.1, -0.05) is 54.1 Å². The highest BCUT2D eigenvalue weighted by Gasteiger charge is 2.11. The summed E-state index contributed by atoms with van der Waals surface area (Å²) in [5.74, 6) is -0.241. The number of Topliss-reactive ketones (excluding diaryl/α,β-unsaturated/α-hetero) is 1. The van der Waals surface area contributed by atoms with E-state index in [1.165, 1.54) is 0 Å². The third-order valence-corrected chi connectivity index (χ3v) is 2.76. The van der Waals surface area contributed by atoms with Gasteiger partial charge >= 0.3 is 0 Å². The molecule has 2 heteroatoms. The Morgan fingerprint density at radius 2 is 1.84 bits per heavy atom. The lowest BCUT2D eigenvalue weighted by Crippen LogP contribution is -2.02. The summed E-state index contributed by atoms with van der Waals surface area (Å²) < 4.78 is 0. The summed E-state index contributed by atoms with van der Waals surface area (Å²) in [6.07, 6.45) is 1.62. The second-order valence-electron chi connectivity index (χ2n) is 4.28. The largest absolute Gasteiger partial charge is 0.288 e. The van der Waals surface area contributed by atoms with Gasteiger partial charge in [0.05, 0.1) is 0 Å². The molecular weight excluding hydrogens is 234 g/mol. The summed E-state index contributed by atoms with van der Waals surface area (Å²) in [6.45, 7) is 1.92. The molecule has 2 rings (SSSR count). The number of benzene rings is 2. The smallest absolute Gasteiger partial charge is 0.203 e. The predicted octanol–water partition coefficient (Wildman–Crippen LogP) is 3.78. The van der Waals surface area contributed by atoms with Gasteiger partial charge < -0.3 is 0 Å². The normalized spacial score (nSPS) is 10.8. The molecule has 0 saturated carbocycles. The van der Waals surface area contributed by atoms with Crippen molar-refractivity contribution in [2.24, 2.45) is 0 Å². The Hall–Kier alpha value is -2.66. The maximum atomic E-state index is 12.2. The zero-order valence-electron chi connectivity index (χ0n) is 10.6. The molecule has 92 valence electrons. The molecule has 0 aromatic heterocycles. The summed E-state index contributed by atoms with van der Waals surface area (Å²) in [5, 5.41) is 9.15. The Morgan fingerprint density at radius 3 is 2.47 bits per heavy atom. The van der Waals surface area contributed by atoms with E-state index in [9.17, 15) is 4.79 Å². The van der Waals surface area contributed by atoms with Crippen LogP contribution in [0.4, 0.5) is 0 Å². The lowest BCUT2D eigenvalue weighted by atomic mass is 10.0. The van der Waals surface area contributed by atoms with Crippen molar-refractivity contribution in [2.45, 2.75) is 6.92 Å². The van der Waals surface area contributed by atoms with Crippen LogP contribution in [-0.4, -0.2) is 5.78 Å². The number of nitriles is 1. The monoisotopic (exact) mass is 247 g/mol. The Kier molecular flexibility index (Phi) is 3.90.